The summed E-state index contributed by atoms with van der Waals surface area (Å²) in [6.45, 7) is 2.03. The van der Waals surface area contributed by atoms with Gasteiger partial charge >= 0.3 is 0 Å². The van der Waals surface area contributed by atoms with Crippen molar-refractivity contribution in [2.45, 2.75) is 6.42 Å². The summed E-state index contributed by atoms with van der Waals surface area (Å²) in [6, 6.07) is 14.9. The van der Waals surface area contributed by atoms with Gasteiger partial charge in [-0.05, 0) is 49.2 Å². The summed E-state index contributed by atoms with van der Waals surface area (Å²) in [4.78, 5) is 14.5. The van der Waals surface area contributed by atoms with E-state index in [0.717, 1.165) is 25.2 Å². The van der Waals surface area contributed by atoms with Gasteiger partial charge in [0.25, 0.3) is 5.91 Å². The standard InChI is InChI=1S/C17H18N3O/c18-15-5-1-2-6-16(15)19-17(21)13-7-9-14(10-8-13)20-11-3-4-12-20/h1-3,5-10H,4,11-12,18H2,(H,19,21). The van der Waals surface area contributed by atoms with Crippen LogP contribution in [0.4, 0.5) is 17.1 Å². The third-order valence-corrected chi connectivity index (χ3v) is 3.66. The summed E-state index contributed by atoms with van der Waals surface area (Å²) in [7, 11) is 0. The maximum atomic E-state index is 12.2. The zero-order chi connectivity index (χ0) is 14.7. The number of amides is 1. The first-order valence-electron chi connectivity index (χ1n) is 7.06. The molecular formula is C17H18N3O. The molecule has 107 valence electrons. The predicted molar refractivity (Wildman–Crippen MR) is 86.4 cm³/mol. The number of benzene rings is 2. The number of carbonyl (C=O) groups excluding carboxylic acids is 1. The molecule has 1 saturated heterocycles. The van der Waals surface area contributed by atoms with Crippen LogP contribution in [-0.4, -0.2) is 19.0 Å². The molecule has 1 heterocycles. The maximum absolute atomic E-state index is 12.2. The second-order valence-electron chi connectivity index (χ2n) is 5.11. The van der Waals surface area contributed by atoms with Gasteiger partial charge in [-0.15, -0.1) is 0 Å². The van der Waals surface area contributed by atoms with E-state index in [4.69, 9.17) is 5.73 Å². The topological polar surface area (TPSA) is 58.4 Å². The van der Waals surface area contributed by atoms with Gasteiger partial charge in [0.2, 0.25) is 0 Å². The summed E-state index contributed by atoms with van der Waals surface area (Å²) in [5.41, 5.74) is 8.82. The summed E-state index contributed by atoms with van der Waals surface area (Å²) < 4.78 is 0. The van der Waals surface area contributed by atoms with Gasteiger partial charge in [-0.2, -0.15) is 0 Å². The van der Waals surface area contributed by atoms with E-state index in [-0.39, 0.29) is 5.91 Å². The Hall–Kier alpha value is -2.49. The fourth-order valence-electron chi connectivity index (χ4n) is 2.45. The molecule has 0 unspecified atom stereocenters. The zero-order valence-corrected chi connectivity index (χ0v) is 11.8. The van der Waals surface area contributed by atoms with Crippen LogP contribution in [0, 0.1) is 6.42 Å². The Morgan fingerprint density at radius 2 is 1.86 bits per heavy atom. The molecule has 1 radical (unpaired) electrons. The van der Waals surface area contributed by atoms with Crippen molar-refractivity contribution >= 4 is 23.0 Å². The average molecular weight is 280 g/mol. The van der Waals surface area contributed by atoms with Crippen LogP contribution >= 0.6 is 0 Å². The van der Waals surface area contributed by atoms with Crippen LogP contribution in [0.25, 0.3) is 0 Å². The number of carbonyl (C=O) groups is 1. The minimum absolute atomic E-state index is 0.146. The lowest BCUT2D eigenvalue weighted by Crippen LogP contribution is -2.18. The quantitative estimate of drug-likeness (QED) is 0.850. The van der Waals surface area contributed by atoms with Gasteiger partial charge in [-0.3, -0.25) is 4.79 Å². The van der Waals surface area contributed by atoms with Crippen LogP contribution in [0.1, 0.15) is 16.8 Å². The maximum Gasteiger partial charge on any atom is 0.255 e. The Balaban J connectivity index is 1.71. The molecule has 21 heavy (non-hydrogen) atoms. The van der Waals surface area contributed by atoms with Crippen LogP contribution in [0.3, 0.4) is 0 Å². The summed E-state index contributed by atoms with van der Waals surface area (Å²) in [5, 5.41) is 2.83. The van der Waals surface area contributed by atoms with Crippen LogP contribution < -0.4 is 16.0 Å². The predicted octanol–water partition coefficient (Wildman–Crippen LogP) is 2.94. The fraction of sp³-hybridized carbons (Fsp3) is 0.176. The Morgan fingerprint density at radius 1 is 1.10 bits per heavy atom. The van der Waals surface area contributed by atoms with Crippen molar-refractivity contribution in [1.29, 1.82) is 0 Å². The Labute approximate surface area is 124 Å². The highest BCUT2D eigenvalue weighted by Gasteiger charge is 2.13. The third kappa shape index (κ3) is 2.99. The minimum Gasteiger partial charge on any atom is -0.397 e. The molecule has 0 aromatic heterocycles. The number of nitrogens with one attached hydrogen (secondary N) is 1. The van der Waals surface area contributed by atoms with E-state index >= 15 is 0 Å². The van der Waals surface area contributed by atoms with Gasteiger partial charge < -0.3 is 16.0 Å². The van der Waals surface area contributed by atoms with Crippen LogP contribution in [0.5, 0.6) is 0 Å². The van der Waals surface area contributed by atoms with Crippen molar-refractivity contribution in [2.75, 3.05) is 29.0 Å². The largest absolute Gasteiger partial charge is 0.397 e. The summed E-state index contributed by atoms with van der Waals surface area (Å²) in [6.07, 6.45) is 3.38. The molecule has 3 rings (SSSR count). The molecular weight excluding hydrogens is 262 g/mol. The molecule has 4 nitrogen and oxygen atoms in total. The molecule has 1 fully saturated rings. The second-order valence-corrected chi connectivity index (χ2v) is 5.11. The van der Waals surface area contributed by atoms with Crippen molar-refractivity contribution in [3.05, 3.63) is 60.5 Å². The first-order chi connectivity index (χ1) is 10.2. The molecule has 0 aliphatic carbocycles. The molecule has 0 atom stereocenters. The Kier molecular flexibility index (Phi) is 3.77. The van der Waals surface area contributed by atoms with Crippen molar-refractivity contribution in [2.24, 2.45) is 0 Å². The van der Waals surface area contributed by atoms with Gasteiger partial charge in [-0.1, -0.05) is 12.1 Å². The lowest BCUT2D eigenvalue weighted by Gasteiger charge is -2.17. The molecule has 3 N–H and O–H groups in total. The molecule has 2 aromatic carbocycles. The van der Waals surface area contributed by atoms with E-state index in [2.05, 4.69) is 16.6 Å². The van der Waals surface area contributed by atoms with Gasteiger partial charge in [-0.25, -0.2) is 0 Å². The number of anilines is 3. The van der Waals surface area contributed by atoms with Gasteiger partial charge in [0.05, 0.1) is 11.4 Å². The summed E-state index contributed by atoms with van der Waals surface area (Å²) in [5.74, 6) is -0.146. The molecule has 1 amide bonds. The van der Waals surface area contributed by atoms with E-state index in [9.17, 15) is 4.79 Å². The molecule has 1 aliphatic heterocycles. The third-order valence-electron chi connectivity index (χ3n) is 3.66. The molecule has 2 aromatic rings. The average Bonchev–Trinajstić information content (AvgIpc) is 3.04. The fourth-order valence-corrected chi connectivity index (χ4v) is 2.45. The smallest absolute Gasteiger partial charge is 0.255 e. The van der Waals surface area contributed by atoms with Crippen molar-refractivity contribution in [3.8, 4) is 0 Å². The minimum atomic E-state index is -0.146. The first kappa shape index (κ1) is 13.5. The number of nitrogen functional groups attached to an aromatic ring is 1. The molecule has 0 saturated carbocycles. The number of hydrogen-bond acceptors (Lipinski definition) is 3. The lowest BCUT2D eigenvalue weighted by molar-refractivity contribution is 0.102. The highest BCUT2D eigenvalue weighted by Crippen LogP contribution is 2.21. The van der Waals surface area contributed by atoms with Crippen LogP contribution in [0.2, 0.25) is 0 Å². The van der Waals surface area contributed by atoms with E-state index in [0.29, 0.717) is 16.9 Å². The summed E-state index contributed by atoms with van der Waals surface area (Å²) >= 11 is 0. The van der Waals surface area contributed by atoms with E-state index in [1.54, 1.807) is 12.1 Å². The molecule has 1 aliphatic rings. The Morgan fingerprint density at radius 3 is 2.52 bits per heavy atom. The van der Waals surface area contributed by atoms with Crippen molar-refractivity contribution in [1.82, 2.24) is 0 Å². The monoisotopic (exact) mass is 280 g/mol. The number of hydrogen-bond donors (Lipinski definition) is 2. The number of para-hydroxylation sites is 2. The highest BCUT2D eigenvalue weighted by molar-refractivity contribution is 6.05. The SMILES string of the molecule is Nc1ccccc1NC(=O)c1ccc(N2C[CH]CC2)cc1. The van der Waals surface area contributed by atoms with Crippen molar-refractivity contribution in [3.63, 3.8) is 0 Å². The number of nitrogens with zero attached hydrogens (tertiary/aromatic N) is 1. The van der Waals surface area contributed by atoms with Gasteiger partial charge in [0.1, 0.15) is 0 Å². The molecule has 4 heteroatoms. The number of rotatable bonds is 3. The van der Waals surface area contributed by atoms with E-state index in [1.807, 2.05) is 36.4 Å². The highest BCUT2D eigenvalue weighted by atomic mass is 16.1. The second kappa shape index (κ2) is 5.87. The molecule has 0 spiro atoms. The van der Waals surface area contributed by atoms with Crippen LogP contribution in [0.15, 0.2) is 48.5 Å². The van der Waals surface area contributed by atoms with E-state index < -0.39 is 0 Å². The lowest BCUT2D eigenvalue weighted by atomic mass is 10.1. The normalized spacial score (nSPS) is 14.2. The number of nitrogens with two attached hydrogens (primary N) is 1. The Bertz CT molecular complexity index is 631. The zero-order valence-electron chi connectivity index (χ0n) is 11.8. The van der Waals surface area contributed by atoms with Gasteiger partial charge in [0.15, 0.2) is 0 Å². The van der Waals surface area contributed by atoms with Gasteiger partial charge in [0, 0.05) is 24.3 Å². The first-order valence-corrected chi connectivity index (χ1v) is 7.06. The van der Waals surface area contributed by atoms with E-state index in [1.165, 1.54) is 0 Å². The van der Waals surface area contributed by atoms with Crippen LogP contribution in [-0.2, 0) is 0 Å². The molecule has 0 bridgehead atoms. The van der Waals surface area contributed by atoms with Crippen molar-refractivity contribution < 1.29 is 4.79 Å².